The van der Waals surface area contributed by atoms with Crippen LogP contribution in [0.1, 0.15) is 25.0 Å². The van der Waals surface area contributed by atoms with Gasteiger partial charge in [0.05, 0.1) is 4.90 Å². The number of sulfonamides is 1. The average molecular weight is 467 g/mol. The monoisotopic (exact) mass is 466 g/mol. The molecule has 174 valence electrons. The fourth-order valence-corrected chi connectivity index (χ4v) is 5.34. The van der Waals surface area contributed by atoms with Crippen LogP contribution in [0.2, 0.25) is 0 Å². The van der Waals surface area contributed by atoms with Crippen molar-refractivity contribution in [2.24, 2.45) is 10.9 Å². The Hall–Kier alpha value is -2.97. The molecular weight excluding hydrogens is 436 g/mol. The number of carbonyl (C=O) groups excluding carboxylic acids is 1. The van der Waals surface area contributed by atoms with E-state index in [1.54, 1.807) is 24.3 Å². The summed E-state index contributed by atoms with van der Waals surface area (Å²) in [5, 5.41) is 0. The highest BCUT2D eigenvalue weighted by Crippen LogP contribution is 2.24. The van der Waals surface area contributed by atoms with E-state index in [0.717, 1.165) is 19.6 Å². The summed E-state index contributed by atoms with van der Waals surface area (Å²) in [6.45, 7) is 7.57. The molecule has 1 fully saturated rings. The van der Waals surface area contributed by atoms with E-state index in [-0.39, 0.29) is 22.6 Å². The summed E-state index contributed by atoms with van der Waals surface area (Å²) in [5.41, 5.74) is 1.69. The number of nitrogens with zero attached hydrogens (tertiary/aromatic N) is 3. The number of benzene rings is 2. The van der Waals surface area contributed by atoms with Crippen molar-refractivity contribution < 1.29 is 13.2 Å². The molecule has 0 unspecified atom stereocenters. The highest BCUT2D eigenvalue weighted by atomic mass is 32.2. The second-order valence-electron chi connectivity index (χ2n) is 8.71. The third-order valence-electron chi connectivity index (χ3n) is 5.97. The van der Waals surface area contributed by atoms with Crippen LogP contribution in [0.5, 0.6) is 0 Å². The Bertz CT molecular complexity index is 1150. The van der Waals surface area contributed by atoms with Gasteiger partial charge in [-0.25, -0.2) is 8.42 Å². The summed E-state index contributed by atoms with van der Waals surface area (Å²) < 4.78 is 27.3. The van der Waals surface area contributed by atoms with Gasteiger partial charge in [0.15, 0.2) is 0 Å². The van der Waals surface area contributed by atoms with Crippen molar-refractivity contribution >= 4 is 27.8 Å². The first-order valence-corrected chi connectivity index (χ1v) is 12.8. The summed E-state index contributed by atoms with van der Waals surface area (Å²) in [5.74, 6) is 0.136. The van der Waals surface area contributed by atoms with E-state index < -0.39 is 16.1 Å². The Kier molecular flexibility index (Phi) is 6.95. The lowest BCUT2D eigenvalue weighted by Crippen LogP contribution is -2.52. The fourth-order valence-electron chi connectivity index (χ4n) is 4.10. The smallest absolute Gasteiger partial charge is 0.263 e. The van der Waals surface area contributed by atoms with Gasteiger partial charge in [-0.2, -0.15) is 0 Å². The Labute approximate surface area is 195 Å². The van der Waals surface area contributed by atoms with E-state index in [2.05, 4.69) is 38.9 Å². The molecule has 0 spiro atoms. The van der Waals surface area contributed by atoms with Crippen LogP contribution in [0, 0.1) is 5.92 Å². The predicted molar refractivity (Wildman–Crippen MR) is 130 cm³/mol. The minimum Gasteiger partial charge on any atom is -0.338 e. The molecule has 8 heteroatoms. The van der Waals surface area contributed by atoms with Crippen molar-refractivity contribution in [3.8, 4) is 0 Å². The Balaban J connectivity index is 1.40. The molecule has 2 aromatic carbocycles. The number of fused-ring (bicyclic) bond motifs is 1. The van der Waals surface area contributed by atoms with Crippen LogP contribution in [0.15, 0.2) is 70.6 Å². The topological polar surface area (TPSA) is 82.1 Å². The first kappa shape index (κ1) is 23.2. The van der Waals surface area contributed by atoms with Crippen LogP contribution >= 0.6 is 0 Å². The van der Waals surface area contributed by atoms with Crippen molar-refractivity contribution in [2.75, 3.05) is 32.7 Å². The molecule has 0 bridgehead atoms. The van der Waals surface area contributed by atoms with Gasteiger partial charge >= 0.3 is 0 Å². The first-order chi connectivity index (χ1) is 15.8. The standard InChI is InChI=1S/C25H30N4O3S/c1-19(2)23(26-24-21-12-6-7-13-22(21)33(31,32)27-24)25(30)29-17-15-28(16-18-29)14-8-11-20-9-4-3-5-10-20/h3-13,19,23H,14-18H2,1-2H3,(H,26,27)/b11-8+/t23-/m0/s1. The van der Waals surface area contributed by atoms with E-state index in [1.165, 1.54) is 5.56 Å². The van der Waals surface area contributed by atoms with Gasteiger partial charge in [0, 0.05) is 38.3 Å². The van der Waals surface area contributed by atoms with Gasteiger partial charge in [0.25, 0.3) is 10.0 Å². The number of rotatable bonds is 6. The summed E-state index contributed by atoms with van der Waals surface area (Å²) in [6.07, 6.45) is 4.27. The van der Waals surface area contributed by atoms with Crippen molar-refractivity contribution in [3.05, 3.63) is 71.8 Å². The number of aliphatic imine (C=N–C) groups is 1. The lowest BCUT2D eigenvalue weighted by atomic mass is 10.0. The molecule has 1 amide bonds. The Morgan fingerprint density at radius 3 is 2.39 bits per heavy atom. The number of carbonyl (C=O) groups is 1. The van der Waals surface area contributed by atoms with Crippen molar-refractivity contribution in [3.63, 3.8) is 0 Å². The van der Waals surface area contributed by atoms with Crippen molar-refractivity contribution in [1.29, 1.82) is 0 Å². The molecule has 1 saturated heterocycles. The molecule has 7 nitrogen and oxygen atoms in total. The zero-order valence-corrected chi connectivity index (χ0v) is 19.8. The molecule has 4 rings (SSSR count). The van der Waals surface area contributed by atoms with Gasteiger partial charge < -0.3 is 4.90 Å². The van der Waals surface area contributed by atoms with Gasteiger partial charge in [-0.05, 0) is 23.6 Å². The summed E-state index contributed by atoms with van der Waals surface area (Å²) in [6, 6.07) is 16.3. The van der Waals surface area contributed by atoms with E-state index >= 15 is 0 Å². The minimum absolute atomic E-state index is 0.0550. The third kappa shape index (κ3) is 5.34. The molecule has 2 aliphatic heterocycles. The summed E-state index contributed by atoms with van der Waals surface area (Å²) in [4.78, 5) is 22.3. The summed E-state index contributed by atoms with van der Waals surface area (Å²) in [7, 11) is -3.63. The molecule has 0 aliphatic carbocycles. The SMILES string of the molecule is CC(C)[C@H](N=C1NS(=O)(=O)c2ccccc21)C(=O)N1CCN(C/C=C/c2ccccc2)CC1. The van der Waals surface area contributed by atoms with Crippen LogP contribution in [-0.2, 0) is 14.8 Å². The van der Waals surface area contributed by atoms with Crippen molar-refractivity contribution in [1.82, 2.24) is 14.5 Å². The van der Waals surface area contributed by atoms with E-state index in [0.29, 0.717) is 18.7 Å². The molecule has 1 N–H and O–H groups in total. The molecule has 1 atom stereocenters. The number of amidine groups is 1. The predicted octanol–water partition coefficient (Wildman–Crippen LogP) is 2.61. The number of hydrogen-bond acceptors (Lipinski definition) is 5. The van der Waals surface area contributed by atoms with Gasteiger partial charge in [-0.15, -0.1) is 0 Å². The van der Waals surface area contributed by atoms with Gasteiger partial charge in [-0.1, -0.05) is 68.5 Å². The maximum Gasteiger partial charge on any atom is 0.263 e. The number of nitrogens with one attached hydrogen (secondary N) is 1. The zero-order chi connectivity index (χ0) is 23.4. The van der Waals surface area contributed by atoms with E-state index in [4.69, 9.17) is 0 Å². The average Bonchev–Trinajstić information content (AvgIpc) is 3.08. The van der Waals surface area contributed by atoms with E-state index in [9.17, 15) is 13.2 Å². The number of hydrogen-bond donors (Lipinski definition) is 1. The van der Waals surface area contributed by atoms with Crippen LogP contribution in [0.4, 0.5) is 0 Å². The molecule has 0 aromatic heterocycles. The second kappa shape index (κ2) is 9.89. The maximum absolute atomic E-state index is 13.3. The Morgan fingerprint density at radius 1 is 1.03 bits per heavy atom. The molecule has 2 aliphatic rings. The fraction of sp³-hybridized carbons (Fsp3) is 0.360. The lowest BCUT2D eigenvalue weighted by molar-refractivity contribution is -0.135. The molecule has 2 aromatic rings. The van der Waals surface area contributed by atoms with Crippen LogP contribution in [-0.4, -0.2) is 68.7 Å². The number of piperazine rings is 1. The van der Waals surface area contributed by atoms with E-state index in [1.807, 2.05) is 36.9 Å². The minimum atomic E-state index is -3.63. The van der Waals surface area contributed by atoms with Crippen LogP contribution in [0.3, 0.4) is 0 Å². The molecule has 33 heavy (non-hydrogen) atoms. The normalized spacial score (nSPS) is 20.2. The maximum atomic E-state index is 13.3. The highest BCUT2D eigenvalue weighted by molar-refractivity contribution is 7.90. The molecular formula is C25H30N4O3S. The van der Waals surface area contributed by atoms with Crippen molar-refractivity contribution in [2.45, 2.75) is 24.8 Å². The summed E-state index contributed by atoms with van der Waals surface area (Å²) >= 11 is 0. The van der Waals surface area contributed by atoms with Gasteiger partial charge in [0.2, 0.25) is 5.91 Å². The molecule has 2 heterocycles. The Morgan fingerprint density at radius 2 is 1.70 bits per heavy atom. The second-order valence-corrected chi connectivity index (χ2v) is 10.4. The van der Waals surface area contributed by atoms with Gasteiger partial charge in [0.1, 0.15) is 11.9 Å². The number of amides is 1. The highest BCUT2D eigenvalue weighted by Gasteiger charge is 2.34. The quantitative estimate of drug-likeness (QED) is 0.710. The molecule has 0 radical (unpaired) electrons. The third-order valence-corrected chi connectivity index (χ3v) is 7.37. The first-order valence-electron chi connectivity index (χ1n) is 11.3. The largest absolute Gasteiger partial charge is 0.338 e. The van der Waals surface area contributed by atoms with Crippen LogP contribution in [0.25, 0.3) is 6.08 Å². The lowest BCUT2D eigenvalue weighted by Gasteiger charge is -2.36. The molecule has 0 saturated carbocycles. The zero-order valence-electron chi connectivity index (χ0n) is 19.0. The van der Waals surface area contributed by atoms with Gasteiger partial charge in [-0.3, -0.25) is 19.4 Å². The van der Waals surface area contributed by atoms with Crippen LogP contribution < -0.4 is 4.72 Å².